The van der Waals surface area contributed by atoms with Crippen molar-refractivity contribution in [2.45, 2.75) is 98.6 Å². The lowest BCUT2D eigenvalue weighted by molar-refractivity contribution is 0.200. The maximum Gasteiger partial charge on any atom is 0.298 e. The number of benzene rings is 1. The smallest absolute Gasteiger partial charge is 0.298 e. The van der Waals surface area contributed by atoms with Crippen LogP contribution in [0, 0.1) is 20.8 Å². The molecule has 0 heterocycles. The van der Waals surface area contributed by atoms with Gasteiger partial charge in [0.25, 0.3) is 14.3 Å². The molecule has 0 saturated carbocycles. The Balaban J connectivity index is 3.59. The molecule has 1 aromatic rings. The Morgan fingerprint density at radius 3 is 1.57 bits per heavy atom. The molecular weight excluding hydrogens is 383 g/mol. The summed E-state index contributed by atoms with van der Waals surface area (Å²) in [6.07, 6.45) is 0. The third kappa shape index (κ3) is 5.29. The van der Waals surface area contributed by atoms with E-state index < -0.39 is 16.4 Å². The van der Waals surface area contributed by atoms with Gasteiger partial charge in [0, 0.05) is 0 Å². The predicted octanol–water partition coefficient (Wildman–Crippen LogP) is 8.20. The molecule has 2 nitrogen and oxygen atoms in total. The fourth-order valence-electron chi connectivity index (χ4n) is 4.13. The first kappa shape index (κ1) is 25.0. The Morgan fingerprint density at radius 2 is 1.21 bits per heavy atom. The highest BCUT2D eigenvalue weighted by Crippen LogP contribution is 2.37. The summed E-state index contributed by atoms with van der Waals surface area (Å²) in [7, 11) is -4.30. The Labute approximate surface area is 174 Å². The van der Waals surface area contributed by atoms with E-state index in [1.165, 1.54) is 5.56 Å². The molecule has 1 aromatic carbocycles. The van der Waals surface area contributed by atoms with Crippen molar-refractivity contribution >= 4 is 16.4 Å². The highest BCUT2D eigenvalue weighted by molar-refractivity contribution is 6.85. The first-order chi connectivity index (χ1) is 13.2. The van der Waals surface area contributed by atoms with Crippen LogP contribution >= 0.6 is 0 Å². The van der Waals surface area contributed by atoms with Crippen LogP contribution in [0.15, 0.2) is 23.5 Å². The van der Waals surface area contributed by atoms with Gasteiger partial charge in [0.15, 0.2) is 5.45 Å². The van der Waals surface area contributed by atoms with E-state index in [2.05, 4.69) is 60.6 Å². The number of aryl methyl sites for hydroxylation is 3. The third-order valence-corrected chi connectivity index (χ3v) is 16.4. The van der Waals surface area contributed by atoms with Gasteiger partial charge in [0.1, 0.15) is 13.8 Å². The molecule has 160 valence electrons. The first-order valence-corrected chi connectivity index (χ1v) is 16.2. The van der Waals surface area contributed by atoms with Gasteiger partial charge in [-0.15, -0.1) is 0 Å². The predicted molar refractivity (Wildman–Crippen MR) is 125 cm³/mol. The van der Waals surface area contributed by atoms with Gasteiger partial charge in [0.2, 0.25) is 0 Å². The van der Waals surface area contributed by atoms with Gasteiger partial charge in [0.05, 0.1) is 0 Å². The highest BCUT2D eigenvalue weighted by atomic mass is 28.4. The van der Waals surface area contributed by atoms with Crippen LogP contribution in [0.2, 0.25) is 36.3 Å². The Morgan fingerprint density at radius 1 is 0.786 bits per heavy atom. The maximum absolute atomic E-state index is 16.1. The Bertz CT molecular complexity index is 638. The van der Waals surface area contributed by atoms with Crippen molar-refractivity contribution in [1.29, 1.82) is 0 Å². The quantitative estimate of drug-likeness (QED) is 0.263. The lowest BCUT2D eigenvalue weighted by atomic mass is 10.1. The van der Waals surface area contributed by atoms with Crippen LogP contribution in [-0.4, -0.2) is 16.4 Å². The molecule has 0 radical (unpaired) electrons. The van der Waals surface area contributed by atoms with Crippen molar-refractivity contribution in [3.63, 3.8) is 0 Å². The summed E-state index contributed by atoms with van der Waals surface area (Å²) in [5.74, 6) is 0.928. The van der Waals surface area contributed by atoms with Crippen LogP contribution in [0.25, 0.3) is 0 Å². The van der Waals surface area contributed by atoms with Gasteiger partial charge in [-0.3, -0.25) is 0 Å². The largest absolute Gasteiger partial charge is 0.517 e. The maximum atomic E-state index is 16.1. The molecule has 0 fully saturated rings. The molecule has 0 bridgehead atoms. The minimum absolute atomic E-state index is 0.0772. The van der Waals surface area contributed by atoms with Gasteiger partial charge in [-0.05, 0) is 50.0 Å². The number of halogens is 1. The van der Waals surface area contributed by atoms with Gasteiger partial charge in [-0.2, -0.15) is 0 Å². The normalized spacial score (nSPS) is 13.4. The van der Waals surface area contributed by atoms with Crippen molar-refractivity contribution in [3.05, 3.63) is 40.2 Å². The molecule has 0 atom stereocenters. The molecule has 0 unspecified atom stereocenters. The van der Waals surface area contributed by atoms with E-state index in [1.54, 1.807) is 0 Å². The summed E-state index contributed by atoms with van der Waals surface area (Å²) in [5, 5.41) is 0. The molecule has 1 rings (SSSR count). The van der Waals surface area contributed by atoms with Crippen LogP contribution in [0.4, 0.5) is 4.39 Å². The van der Waals surface area contributed by atoms with E-state index in [0.717, 1.165) is 53.1 Å². The Hall–Kier alpha value is -1.08. The lowest BCUT2D eigenvalue weighted by Crippen LogP contribution is -2.40. The van der Waals surface area contributed by atoms with Crippen molar-refractivity contribution in [2.75, 3.05) is 0 Å². The minimum atomic E-state index is -2.24. The number of ether oxygens (including phenoxy) is 1. The Kier molecular flexibility index (Phi) is 9.48. The second kappa shape index (κ2) is 10.6. The molecule has 0 N–H and O–H groups in total. The van der Waals surface area contributed by atoms with Gasteiger partial charge >= 0.3 is 0 Å². The molecule has 0 aromatic heterocycles. The van der Waals surface area contributed by atoms with Crippen LogP contribution in [0.5, 0.6) is 5.75 Å². The van der Waals surface area contributed by atoms with E-state index >= 15 is 4.39 Å². The van der Waals surface area contributed by atoms with Gasteiger partial charge < -0.3 is 9.16 Å². The molecule has 5 heteroatoms. The van der Waals surface area contributed by atoms with Crippen molar-refractivity contribution in [1.82, 2.24) is 0 Å². The van der Waals surface area contributed by atoms with Crippen LogP contribution in [0.1, 0.15) is 58.2 Å². The average Bonchev–Trinajstić information content (AvgIpc) is 2.69. The highest BCUT2D eigenvalue weighted by Gasteiger charge is 2.40. The fourth-order valence-corrected chi connectivity index (χ4v) is 9.65. The summed E-state index contributed by atoms with van der Waals surface area (Å²) in [6.45, 7) is 19.0. The molecule has 0 aliphatic carbocycles. The number of hydrogen-bond donors (Lipinski definition) is 0. The zero-order valence-electron chi connectivity index (χ0n) is 19.6. The van der Waals surface area contributed by atoms with Crippen LogP contribution in [-0.2, 0) is 4.43 Å². The molecule has 28 heavy (non-hydrogen) atoms. The lowest BCUT2D eigenvalue weighted by Gasteiger charge is -2.33. The van der Waals surface area contributed by atoms with E-state index in [9.17, 15) is 0 Å². The molecule has 0 saturated heterocycles. The molecule has 0 amide bonds. The van der Waals surface area contributed by atoms with Crippen molar-refractivity contribution < 1.29 is 13.6 Å². The second-order valence-electron chi connectivity index (χ2n) is 8.12. The summed E-state index contributed by atoms with van der Waals surface area (Å²) >= 11 is 0. The fraction of sp³-hybridized carbons (Fsp3) is 0.652. The summed E-state index contributed by atoms with van der Waals surface area (Å²) in [4.78, 5) is 0. The number of rotatable bonds is 11. The van der Waals surface area contributed by atoms with Crippen molar-refractivity contribution in [2.24, 2.45) is 0 Å². The first-order valence-electron chi connectivity index (χ1n) is 11.0. The minimum Gasteiger partial charge on any atom is -0.517 e. The SMILES string of the molecule is CC[Si](CC)(CC)O/C(Oc1c(C)cc(C)cc1C)=C(\F)[Si](CC)(CC)CC. The molecule has 0 aliphatic rings. The van der Waals surface area contributed by atoms with E-state index in [1.807, 2.05) is 13.8 Å². The third-order valence-electron chi connectivity index (χ3n) is 6.72. The summed E-state index contributed by atoms with van der Waals surface area (Å²) in [5.41, 5.74) is 3.17. The second-order valence-corrected chi connectivity index (χ2v) is 17.9. The zero-order chi connectivity index (χ0) is 21.5. The van der Waals surface area contributed by atoms with Gasteiger partial charge in [-0.25, -0.2) is 4.39 Å². The summed E-state index contributed by atoms with van der Waals surface area (Å²) in [6, 6.07) is 9.67. The van der Waals surface area contributed by atoms with E-state index in [0.29, 0.717) is 0 Å². The van der Waals surface area contributed by atoms with Crippen LogP contribution in [0.3, 0.4) is 0 Å². The molecule has 0 aliphatic heterocycles. The standard InChI is InChI=1S/C23H41FO2Si2/c1-10-27(11-2,12-3)22(24)23(26-28(13-4,14-5)15-6)25-21-19(8)16-18(7)17-20(21)9/h16-17H,10-15H2,1-9H3/b23-22+. The van der Waals surface area contributed by atoms with E-state index in [-0.39, 0.29) is 11.4 Å². The molecular formula is C23H41FO2Si2. The molecule has 0 spiro atoms. The van der Waals surface area contributed by atoms with Gasteiger partial charge in [-0.1, -0.05) is 77.4 Å². The monoisotopic (exact) mass is 424 g/mol. The number of hydrogen-bond acceptors (Lipinski definition) is 2. The van der Waals surface area contributed by atoms with Crippen LogP contribution < -0.4 is 4.74 Å². The zero-order valence-corrected chi connectivity index (χ0v) is 21.6. The summed E-state index contributed by atoms with van der Waals surface area (Å²) < 4.78 is 28.9. The van der Waals surface area contributed by atoms with E-state index in [4.69, 9.17) is 9.16 Å². The topological polar surface area (TPSA) is 18.5 Å². The average molecular weight is 425 g/mol. The van der Waals surface area contributed by atoms with Crippen molar-refractivity contribution in [3.8, 4) is 5.75 Å².